The van der Waals surface area contributed by atoms with E-state index in [4.69, 9.17) is 0 Å². The molecule has 0 aliphatic heterocycles. The maximum absolute atomic E-state index is 4.19. The number of hydrogen-bond donors (Lipinski definition) is 1. The van der Waals surface area contributed by atoms with Gasteiger partial charge in [0, 0.05) is 36.9 Å². The third-order valence-electron chi connectivity index (χ3n) is 2.67. The van der Waals surface area contributed by atoms with E-state index in [1.165, 1.54) is 5.69 Å². The van der Waals surface area contributed by atoms with Crippen LogP contribution in [0.4, 0.5) is 0 Å². The number of aromatic nitrogens is 2. The summed E-state index contributed by atoms with van der Waals surface area (Å²) in [5.74, 6) is 0.491. The Bertz CT molecular complexity index is 278. The summed E-state index contributed by atoms with van der Waals surface area (Å²) in [4.78, 5) is 0. The molecule has 1 heterocycles. The van der Waals surface area contributed by atoms with Crippen molar-refractivity contribution in [3.8, 4) is 0 Å². The third kappa shape index (κ3) is 2.58. The van der Waals surface area contributed by atoms with Crippen molar-refractivity contribution in [2.75, 3.05) is 0 Å². The van der Waals surface area contributed by atoms with E-state index in [2.05, 4.69) is 44.2 Å². The van der Waals surface area contributed by atoms with Crippen LogP contribution in [-0.2, 0) is 7.05 Å². The Morgan fingerprint density at radius 1 is 1.29 bits per heavy atom. The lowest BCUT2D eigenvalue weighted by Gasteiger charge is -2.23. The van der Waals surface area contributed by atoms with Gasteiger partial charge in [-0.05, 0) is 13.0 Å². The Kier molecular flexibility index (Phi) is 3.69. The van der Waals surface area contributed by atoms with Gasteiger partial charge >= 0.3 is 0 Å². The highest BCUT2D eigenvalue weighted by Gasteiger charge is 2.17. The predicted molar refractivity (Wildman–Crippen MR) is 59.4 cm³/mol. The van der Waals surface area contributed by atoms with E-state index in [0.717, 1.165) is 0 Å². The highest BCUT2D eigenvalue weighted by molar-refractivity contribution is 5.08. The first kappa shape index (κ1) is 11.2. The minimum Gasteiger partial charge on any atom is -0.311 e. The van der Waals surface area contributed by atoms with Crippen LogP contribution >= 0.6 is 0 Å². The zero-order valence-corrected chi connectivity index (χ0v) is 9.78. The number of nitrogens with one attached hydrogen (secondary N) is 1. The van der Waals surface area contributed by atoms with Gasteiger partial charge in [0.15, 0.2) is 0 Å². The molecule has 3 nitrogen and oxygen atoms in total. The van der Waals surface area contributed by atoms with E-state index in [1.807, 2.05) is 17.9 Å². The lowest BCUT2D eigenvalue weighted by atomic mass is 9.99. The van der Waals surface area contributed by atoms with Crippen LogP contribution in [0.2, 0.25) is 0 Å². The zero-order chi connectivity index (χ0) is 10.7. The summed E-state index contributed by atoms with van der Waals surface area (Å²) < 4.78 is 1.95. The highest BCUT2D eigenvalue weighted by Crippen LogP contribution is 2.18. The molecule has 3 heteroatoms. The van der Waals surface area contributed by atoms with Crippen molar-refractivity contribution in [2.45, 2.75) is 45.7 Å². The van der Waals surface area contributed by atoms with Crippen LogP contribution in [-0.4, -0.2) is 21.9 Å². The third-order valence-corrected chi connectivity index (χ3v) is 2.67. The van der Waals surface area contributed by atoms with Crippen LogP contribution in [0.3, 0.4) is 0 Å². The summed E-state index contributed by atoms with van der Waals surface area (Å²) in [6.45, 7) is 8.80. The molecule has 1 aromatic heterocycles. The van der Waals surface area contributed by atoms with Crippen molar-refractivity contribution < 1.29 is 0 Å². The fraction of sp³-hybridized carbons (Fsp3) is 0.727. The summed E-state index contributed by atoms with van der Waals surface area (Å²) >= 11 is 0. The summed E-state index contributed by atoms with van der Waals surface area (Å²) in [5.41, 5.74) is 1.28. The highest BCUT2D eigenvalue weighted by atomic mass is 15.3. The van der Waals surface area contributed by atoms with E-state index in [9.17, 15) is 0 Å². The molecule has 0 amide bonds. The molecule has 0 saturated heterocycles. The minimum absolute atomic E-state index is 0.477. The second-order valence-corrected chi connectivity index (χ2v) is 4.28. The topological polar surface area (TPSA) is 29.9 Å². The smallest absolute Gasteiger partial charge is 0.0492 e. The normalized spacial score (nSPS) is 15.9. The number of aryl methyl sites for hydroxylation is 1. The standard InChI is InChI=1S/C11H21N3/c1-8(2)13-10(4)9(3)11-6-7-12-14(11)5/h6-10,13H,1-5H3. The summed E-state index contributed by atoms with van der Waals surface area (Å²) in [6, 6.07) is 3.09. The fourth-order valence-electron chi connectivity index (χ4n) is 1.76. The molecule has 1 N–H and O–H groups in total. The van der Waals surface area contributed by atoms with Crippen molar-refractivity contribution in [3.05, 3.63) is 18.0 Å². The molecule has 0 aromatic carbocycles. The van der Waals surface area contributed by atoms with E-state index >= 15 is 0 Å². The Labute approximate surface area is 86.5 Å². The molecule has 1 aromatic rings. The number of rotatable bonds is 4. The quantitative estimate of drug-likeness (QED) is 0.795. The molecule has 14 heavy (non-hydrogen) atoms. The zero-order valence-electron chi connectivity index (χ0n) is 9.78. The summed E-state index contributed by atoms with van der Waals surface area (Å²) in [7, 11) is 1.99. The second-order valence-electron chi connectivity index (χ2n) is 4.28. The molecule has 0 aliphatic rings. The maximum Gasteiger partial charge on any atom is 0.0492 e. The largest absolute Gasteiger partial charge is 0.311 e. The van der Waals surface area contributed by atoms with Gasteiger partial charge in [0.25, 0.3) is 0 Å². The summed E-state index contributed by atoms with van der Waals surface area (Å²) in [5, 5.41) is 7.70. The van der Waals surface area contributed by atoms with Gasteiger partial charge in [0.2, 0.25) is 0 Å². The molecule has 0 bridgehead atoms. The molecule has 80 valence electrons. The molecular weight excluding hydrogens is 174 g/mol. The van der Waals surface area contributed by atoms with Gasteiger partial charge < -0.3 is 5.32 Å². The molecule has 1 rings (SSSR count). The Morgan fingerprint density at radius 3 is 2.36 bits per heavy atom. The van der Waals surface area contributed by atoms with Gasteiger partial charge in [0.05, 0.1) is 0 Å². The van der Waals surface area contributed by atoms with Crippen molar-refractivity contribution >= 4 is 0 Å². The monoisotopic (exact) mass is 195 g/mol. The van der Waals surface area contributed by atoms with E-state index < -0.39 is 0 Å². The predicted octanol–water partition coefficient (Wildman–Crippen LogP) is 1.91. The average molecular weight is 195 g/mol. The first-order valence-electron chi connectivity index (χ1n) is 5.26. The molecule has 2 unspecified atom stereocenters. The van der Waals surface area contributed by atoms with Crippen LogP contribution in [0, 0.1) is 0 Å². The molecule has 0 saturated carbocycles. The van der Waals surface area contributed by atoms with E-state index in [0.29, 0.717) is 18.0 Å². The van der Waals surface area contributed by atoms with Crippen LogP contribution in [0.5, 0.6) is 0 Å². The second kappa shape index (κ2) is 4.60. The Balaban J connectivity index is 2.65. The van der Waals surface area contributed by atoms with Gasteiger partial charge in [-0.25, -0.2) is 0 Å². The lowest BCUT2D eigenvalue weighted by Crippen LogP contribution is -2.36. The first-order valence-corrected chi connectivity index (χ1v) is 5.26. The van der Waals surface area contributed by atoms with Crippen LogP contribution in [0.25, 0.3) is 0 Å². The maximum atomic E-state index is 4.19. The molecule has 2 atom stereocenters. The average Bonchev–Trinajstić information content (AvgIpc) is 2.48. The van der Waals surface area contributed by atoms with Gasteiger partial charge in [0.1, 0.15) is 0 Å². The molecule has 0 radical (unpaired) electrons. The summed E-state index contributed by atoms with van der Waals surface area (Å²) in [6.07, 6.45) is 1.86. The van der Waals surface area contributed by atoms with Crippen LogP contribution in [0.1, 0.15) is 39.3 Å². The van der Waals surface area contributed by atoms with Gasteiger partial charge in [-0.3, -0.25) is 4.68 Å². The fourth-order valence-corrected chi connectivity index (χ4v) is 1.76. The Morgan fingerprint density at radius 2 is 1.93 bits per heavy atom. The van der Waals surface area contributed by atoms with Crippen LogP contribution < -0.4 is 5.32 Å². The lowest BCUT2D eigenvalue weighted by molar-refractivity contribution is 0.425. The van der Waals surface area contributed by atoms with E-state index in [1.54, 1.807) is 0 Å². The first-order chi connectivity index (χ1) is 6.52. The van der Waals surface area contributed by atoms with Gasteiger partial charge in [-0.1, -0.05) is 20.8 Å². The number of hydrogen-bond acceptors (Lipinski definition) is 2. The minimum atomic E-state index is 0.477. The van der Waals surface area contributed by atoms with Crippen molar-refractivity contribution in [1.82, 2.24) is 15.1 Å². The van der Waals surface area contributed by atoms with E-state index in [-0.39, 0.29) is 0 Å². The van der Waals surface area contributed by atoms with Crippen molar-refractivity contribution in [3.63, 3.8) is 0 Å². The number of nitrogens with zero attached hydrogens (tertiary/aromatic N) is 2. The SMILES string of the molecule is CC(C)NC(C)C(C)c1ccnn1C. The molecule has 0 fully saturated rings. The Hall–Kier alpha value is -0.830. The molecule has 0 spiro atoms. The van der Waals surface area contributed by atoms with Gasteiger partial charge in [-0.2, -0.15) is 5.10 Å². The molecule has 0 aliphatic carbocycles. The van der Waals surface area contributed by atoms with Crippen molar-refractivity contribution in [2.24, 2.45) is 7.05 Å². The van der Waals surface area contributed by atoms with Gasteiger partial charge in [-0.15, -0.1) is 0 Å². The van der Waals surface area contributed by atoms with Crippen LogP contribution in [0.15, 0.2) is 12.3 Å². The molecular formula is C11H21N3. The van der Waals surface area contributed by atoms with Crippen molar-refractivity contribution in [1.29, 1.82) is 0 Å².